The van der Waals surface area contributed by atoms with E-state index in [2.05, 4.69) is 34.3 Å². The highest BCUT2D eigenvalue weighted by molar-refractivity contribution is 7.19. The Bertz CT molecular complexity index is 1250. The zero-order chi connectivity index (χ0) is 22.7. The number of hydrogen-bond donors (Lipinski definition) is 1. The number of nitrogens with zero attached hydrogens (tertiary/aromatic N) is 2. The Labute approximate surface area is 191 Å². The monoisotopic (exact) mass is 447 g/mol. The summed E-state index contributed by atoms with van der Waals surface area (Å²) in [6.45, 7) is 8.35. The molecule has 4 rings (SSSR count). The van der Waals surface area contributed by atoms with Crippen LogP contribution in [0.2, 0.25) is 0 Å². The van der Waals surface area contributed by atoms with Crippen molar-refractivity contribution in [2.24, 2.45) is 0 Å². The van der Waals surface area contributed by atoms with E-state index in [1.807, 2.05) is 45.0 Å². The molecule has 6 nitrogen and oxygen atoms in total. The molecule has 0 saturated carbocycles. The highest BCUT2D eigenvalue weighted by Gasteiger charge is 2.18. The molecule has 0 atom stereocenters. The van der Waals surface area contributed by atoms with Crippen molar-refractivity contribution < 1.29 is 14.3 Å². The van der Waals surface area contributed by atoms with Crippen molar-refractivity contribution in [2.45, 2.75) is 33.8 Å². The molecule has 0 aliphatic rings. The molecule has 4 aromatic rings. The van der Waals surface area contributed by atoms with Gasteiger partial charge in [0.15, 0.2) is 0 Å². The SMILES string of the molecule is CCOc1ccc(-c2c(C)sc3ncnc(Nc4cccc(C(=O)OC(C)C)c4)c23)cc1. The van der Waals surface area contributed by atoms with Crippen LogP contribution in [-0.2, 0) is 4.74 Å². The predicted molar refractivity (Wildman–Crippen MR) is 129 cm³/mol. The zero-order valence-electron chi connectivity index (χ0n) is 18.5. The van der Waals surface area contributed by atoms with Gasteiger partial charge in [0.2, 0.25) is 0 Å². The van der Waals surface area contributed by atoms with Gasteiger partial charge in [0, 0.05) is 16.1 Å². The van der Waals surface area contributed by atoms with E-state index in [9.17, 15) is 4.79 Å². The lowest BCUT2D eigenvalue weighted by Gasteiger charge is -2.11. The maximum Gasteiger partial charge on any atom is 0.338 e. The fraction of sp³-hybridized carbons (Fsp3) is 0.240. The highest BCUT2D eigenvalue weighted by atomic mass is 32.1. The van der Waals surface area contributed by atoms with Crippen LogP contribution in [0, 0.1) is 6.92 Å². The van der Waals surface area contributed by atoms with Gasteiger partial charge < -0.3 is 14.8 Å². The van der Waals surface area contributed by atoms with Gasteiger partial charge in [0.05, 0.1) is 23.7 Å². The van der Waals surface area contributed by atoms with Crippen molar-refractivity contribution in [2.75, 3.05) is 11.9 Å². The van der Waals surface area contributed by atoms with E-state index in [0.717, 1.165) is 37.7 Å². The van der Waals surface area contributed by atoms with Crippen LogP contribution in [0.15, 0.2) is 54.9 Å². The van der Waals surface area contributed by atoms with E-state index in [1.54, 1.807) is 29.8 Å². The molecule has 32 heavy (non-hydrogen) atoms. The number of carbonyl (C=O) groups is 1. The maximum absolute atomic E-state index is 12.3. The third kappa shape index (κ3) is 4.57. The number of ether oxygens (including phenoxy) is 2. The van der Waals surface area contributed by atoms with Crippen LogP contribution in [0.5, 0.6) is 5.75 Å². The second-order valence-corrected chi connectivity index (χ2v) is 8.76. The maximum atomic E-state index is 12.3. The molecule has 0 aliphatic carbocycles. The first-order valence-electron chi connectivity index (χ1n) is 10.5. The van der Waals surface area contributed by atoms with Crippen LogP contribution in [0.4, 0.5) is 11.5 Å². The van der Waals surface area contributed by atoms with Crippen molar-refractivity contribution in [3.8, 4) is 16.9 Å². The first-order valence-corrected chi connectivity index (χ1v) is 11.3. The third-order valence-electron chi connectivity index (χ3n) is 4.82. The number of carbonyl (C=O) groups excluding carboxylic acids is 1. The molecule has 0 unspecified atom stereocenters. The summed E-state index contributed by atoms with van der Waals surface area (Å²) in [7, 11) is 0. The van der Waals surface area contributed by atoms with Gasteiger partial charge >= 0.3 is 5.97 Å². The Morgan fingerprint density at radius 1 is 1.12 bits per heavy atom. The summed E-state index contributed by atoms with van der Waals surface area (Å²) in [5, 5.41) is 4.33. The van der Waals surface area contributed by atoms with Crippen LogP contribution < -0.4 is 10.1 Å². The van der Waals surface area contributed by atoms with Gasteiger partial charge in [-0.1, -0.05) is 18.2 Å². The predicted octanol–water partition coefficient (Wildman–Crippen LogP) is 6.37. The van der Waals surface area contributed by atoms with Crippen LogP contribution >= 0.6 is 11.3 Å². The molecule has 0 radical (unpaired) electrons. The van der Waals surface area contributed by atoms with Gasteiger partial charge in [0.25, 0.3) is 0 Å². The van der Waals surface area contributed by atoms with Gasteiger partial charge in [-0.15, -0.1) is 11.3 Å². The summed E-state index contributed by atoms with van der Waals surface area (Å²) in [6.07, 6.45) is 1.38. The molecule has 0 spiro atoms. The van der Waals surface area contributed by atoms with Crippen molar-refractivity contribution in [1.29, 1.82) is 0 Å². The number of fused-ring (bicyclic) bond motifs is 1. The molecule has 1 N–H and O–H groups in total. The topological polar surface area (TPSA) is 73.3 Å². The molecule has 0 aliphatic heterocycles. The Balaban J connectivity index is 1.72. The van der Waals surface area contributed by atoms with Crippen molar-refractivity contribution in [1.82, 2.24) is 9.97 Å². The fourth-order valence-electron chi connectivity index (χ4n) is 3.51. The summed E-state index contributed by atoms with van der Waals surface area (Å²) in [6, 6.07) is 15.3. The van der Waals surface area contributed by atoms with E-state index in [4.69, 9.17) is 9.47 Å². The molecule has 164 valence electrons. The Kier molecular flexibility index (Phi) is 6.37. The summed E-state index contributed by atoms with van der Waals surface area (Å²) in [5.74, 6) is 1.18. The molecule has 2 heterocycles. The van der Waals surface area contributed by atoms with Gasteiger partial charge in [-0.25, -0.2) is 14.8 Å². The number of aromatic nitrogens is 2. The number of esters is 1. The summed E-state index contributed by atoms with van der Waals surface area (Å²) < 4.78 is 10.9. The number of benzene rings is 2. The van der Waals surface area contributed by atoms with Crippen LogP contribution in [-0.4, -0.2) is 28.6 Å². The summed E-state index contributed by atoms with van der Waals surface area (Å²) in [4.78, 5) is 23.4. The minimum absolute atomic E-state index is 0.175. The molecule has 7 heteroatoms. The molecule has 0 fully saturated rings. The van der Waals surface area contributed by atoms with Gasteiger partial charge in [-0.05, 0) is 63.6 Å². The highest BCUT2D eigenvalue weighted by Crippen LogP contribution is 2.41. The smallest absolute Gasteiger partial charge is 0.338 e. The quantitative estimate of drug-likeness (QED) is 0.332. The normalized spacial score (nSPS) is 11.0. The Morgan fingerprint density at radius 2 is 1.91 bits per heavy atom. The Morgan fingerprint density at radius 3 is 2.62 bits per heavy atom. The van der Waals surface area contributed by atoms with Gasteiger partial charge in [-0.3, -0.25) is 0 Å². The van der Waals surface area contributed by atoms with Crippen molar-refractivity contribution >= 4 is 39.0 Å². The second kappa shape index (κ2) is 9.36. The number of aryl methyl sites for hydroxylation is 1. The molecule has 0 amide bonds. The number of thiophene rings is 1. The van der Waals surface area contributed by atoms with Crippen molar-refractivity contribution in [3.63, 3.8) is 0 Å². The standard InChI is InChI=1S/C25H25N3O3S/c1-5-30-20-11-9-17(10-12-20)21-16(4)32-24-22(21)23(26-14-27-24)28-19-8-6-7-18(13-19)25(29)31-15(2)3/h6-15H,5H2,1-4H3,(H,26,27,28). The van der Waals surface area contributed by atoms with Crippen molar-refractivity contribution in [3.05, 3.63) is 65.3 Å². The van der Waals surface area contributed by atoms with Crippen LogP contribution in [0.1, 0.15) is 36.0 Å². The zero-order valence-corrected chi connectivity index (χ0v) is 19.3. The van der Waals surface area contributed by atoms with Gasteiger partial charge in [0.1, 0.15) is 22.7 Å². The van der Waals surface area contributed by atoms with E-state index in [0.29, 0.717) is 18.0 Å². The van der Waals surface area contributed by atoms with Crippen LogP contribution in [0.3, 0.4) is 0 Å². The first-order chi connectivity index (χ1) is 15.5. The molecular formula is C25H25N3O3S. The van der Waals surface area contributed by atoms with Crippen LogP contribution in [0.25, 0.3) is 21.3 Å². The number of hydrogen-bond acceptors (Lipinski definition) is 7. The first kappa shape index (κ1) is 21.8. The Hall–Kier alpha value is -3.45. The molecule has 2 aromatic heterocycles. The summed E-state index contributed by atoms with van der Waals surface area (Å²) in [5.41, 5.74) is 3.41. The molecule has 2 aromatic carbocycles. The largest absolute Gasteiger partial charge is 0.494 e. The number of anilines is 2. The second-order valence-electron chi connectivity index (χ2n) is 7.55. The number of rotatable bonds is 7. The van der Waals surface area contributed by atoms with E-state index in [1.165, 1.54) is 0 Å². The van der Waals surface area contributed by atoms with Gasteiger partial charge in [-0.2, -0.15) is 0 Å². The lowest BCUT2D eigenvalue weighted by molar-refractivity contribution is 0.0378. The average Bonchev–Trinajstić information content (AvgIpc) is 3.11. The number of nitrogens with one attached hydrogen (secondary N) is 1. The molecular weight excluding hydrogens is 422 g/mol. The minimum atomic E-state index is -0.349. The fourth-order valence-corrected chi connectivity index (χ4v) is 4.53. The third-order valence-corrected chi connectivity index (χ3v) is 5.84. The average molecular weight is 448 g/mol. The van der Waals surface area contributed by atoms with E-state index >= 15 is 0 Å². The lowest BCUT2D eigenvalue weighted by atomic mass is 10.0. The lowest BCUT2D eigenvalue weighted by Crippen LogP contribution is -2.11. The van der Waals surface area contributed by atoms with E-state index in [-0.39, 0.29) is 12.1 Å². The molecule has 0 bridgehead atoms. The molecule has 0 saturated heterocycles. The summed E-state index contributed by atoms with van der Waals surface area (Å²) >= 11 is 1.63. The van der Waals surface area contributed by atoms with E-state index < -0.39 is 0 Å². The minimum Gasteiger partial charge on any atom is -0.494 e.